The zero-order valence-electron chi connectivity index (χ0n) is 12.0. The summed E-state index contributed by atoms with van der Waals surface area (Å²) in [5.74, 6) is 0.926. The van der Waals surface area contributed by atoms with E-state index in [1.165, 1.54) is 6.07 Å². The van der Waals surface area contributed by atoms with E-state index in [1.807, 2.05) is 11.0 Å². The molecule has 1 aliphatic heterocycles. The van der Waals surface area contributed by atoms with Crippen molar-refractivity contribution in [2.75, 3.05) is 6.54 Å². The highest BCUT2D eigenvalue weighted by molar-refractivity contribution is 5.81. The van der Waals surface area contributed by atoms with Crippen LogP contribution in [0.4, 0.5) is 4.39 Å². The van der Waals surface area contributed by atoms with E-state index >= 15 is 0 Å². The number of benzene rings is 1. The zero-order chi connectivity index (χ0) is 14.3. The maximum absolute atomic E-state index is 14.0. The van der Waals surface area contributed by atoms with Gasteiger partial charge in [0.05, 0.1) is 6.54 Å². The summed E-state index contributed by atoms with van der Waals surface area (Å²) in [5.41, 5.74) is 0.574. The van der Waals surface area contributed by atoms with Crippen LogP contribution in [-0.4, -0.2) is 23.4 Å². The van der Waals surface area contributed by atoms with Gasteiger partial charge in [-0.15, -0.1) is 0 Å². The molecule has 4 atom stereocenters. The second-order valence-corrected chi connectivity index (χ2v) is 6.09. The predicted octanol–water partition coefficient (Wildman–Crippen LogP) is 2.69. The highest BCUT2D eigenvalue weighted by Crippen LogP contribution is 2.39. The van der Waals surface area contributed by atoms with Crippen LogP contribution in [0, 0.1) is 17.7 Å². The second-order valence-electron chi connectivity index (χ2n) is 6.09. The molecular weight excluding hydrogens is 255 g/mol. The van der Waals surface area contributed by atoms with Crippen LogP contribution >= 0.6 is 0 Å². The van der Waals surface area contributed by atoms with Crippen LogP contribution in [-0.2, 0) is 4.79 Å². The van der Waals surface area contributed by atoms with E-state index in [1.54, 1.807) is 12.1 Å². The normalized spacial score (nSPS) is 34.0. The number of nitrogens with one attached hydrogen (secondary N) is 1. The summed E-state index contributed by atoms with van der Waals surface area (Å²) in [4.78, 5) is 14.1. The number of hydrogen-bond donors (Lipinski definition) is 1. The summed E-state index contributed by atoms with van der Waals surface area (Å²) in [7, 11) is 0. The van der Waals surface area contributed by atoms with E-state index in [0.717, 1.165) is 12.8 Å². The quantitative estimate of drug-likeness (QED) is 0.900. The van der Waals surface area contributed by atoms with E-state index in [2.05, 4.69) is 19.2 Å². The van der Waals surface area contributed by atoms with Crippen LogP contribution in [0.25, 0.3) is 0 Å². The van der Waals surface area contributed by atoms with Gasteiger partial charge in [-0.25, -0.2) is 4.39 Å². The lowest BCUT2D eigenvalue weighted by Crippen LogP contribution is -2.42. The van der Waals surface area contributed by atoms with Crippen molar-refractivity contribution in [1.29, 1.82) is 0 Å². The third-order valence-electron chi connectivity index (χ3n) is 4.99. The maximum atomic E-state index is 14.0. The molecule has 1 aromatic carbocycles. The molecule has 1 heterocycles. The van der Waals surface area contributed by atoms with Crippen LogP contribution < -0.4 is 5.32 Å². The SMILES string of the molecule is CC1CCC(N2C(=O)CNC2c2ccccc2F)C1C. The van der Waals surface area contributed by atoms with E-state index in [9.17, 15) is 9.18 Å². The van der Waals surface area contributed by atoms with Crippen LogP contribution in [0.2, 0.25) is 0 Å². The summed E-state index contributed by atoms with van der Waals surface area (Å²) >= 11 is 0. The van der Waals surface area contributed by atoms with Gasteiger partial charge in [-0.3, -0.25) is 10.1 Å². The fourth-order valence-corrected chi connectivity index (χ4v) is 3.58. The maximum Gasteiger partial charge on any atom is 0.238 e. The average Bonchev–Trinajstić information content (AvgIpc) is 2.95. The molecule has 0 bridgehead atoms. The molecule has 4 unspecified atom stereocenters. The smallest absolute Gasteiger partial charge is 0.238 e. The van der Waals surface area contributed by atoms with Crippen molar-refractivity contribution >= 4 is 5.91 Å². The first-order chi connectivity index (χ1) is 9.59. The third-order valence-corrected chi connectivity index (χ3v) is 4.99. The van der Waals surface area contributed by atoms with Crippen LogP contribution in [0.1, 0.15) is 38.4 Å². The van der Waals surface area contributed by atoms with Gasteiger partial charge in [0.15, 0.2) is 0 Å². The Bertz CT molecular complexity index is 519. The number of nitrogens with zero attached hydrogens (tertiary/aromatic N) is 1. The fraction of sp³-hybridized carbons (Fsp3) is 0.562. The predicted molar refractivity (Wildman–Crippen MR) is 75.3 cm³/mol. The van der Waals surface area contributed by atoms with Crippen molar-refractivity contribution in [3.05, 3.63) is 35.6 Å². The Balaban J connectivity index is 1.92. The molecule has 1 aromatic rings. The van der Waals surface area contributed by atoms with E-state index in [0.29, 0.717) is 23.9 Å². The molecule has 4 heteroatoms. The van der Waals surface area contributed by atoms with E-state index < -0.39 is 0 Å². The Morgan fingerprint density at radius 1 is 1.25 bits per heavy atom. The molecule has 0 radical (unpaired) electrons. The van der Waals surface area contributed by atoms with Crippen molar-refractivity contribution in [2.24, 2.45) is 11.8 Å². The van der Waals surface area contributed by atoms with Gasteiger partial charge in [-0.1, -0.05) is 32.0 Å². The third kappa shape index (κ3) is 2.12. The molecule has 1 amide bonds. The lowest BCUT2D eigenvalue weighted by atomic mass is 9.96. The Hall–Kier alpha value is -1.42. The van der Waals surface area contributed by atoms with Gasteiger partial charge >= 0.3 is 0 Å². The molecule has 2 fully saturated rings. The van der Waals surface area contributed by atoms with Gasteiger partial charge in [0, 0.05) is 11.6 Å². The Kier molecular flexibility index (Phi) is 3.50. The largest absolute Gasteiger partial charge is 0.318 e. The molecule has 3 rings (SSSR count). The average molecular weight is 276 g/mol. The first kappa shape index (κ1) is 13.6. The summed E-state index contributed by atoms with van der Waals surface area (Å²) in [6, 6.07) is 6.94. The molecule has 1 aliphatic carbocycles. The summed E-state index contributed by atoms with van der Waals surface area (Å²) < 4.78 is 14.0. The highest BCUT2D eigenvalue weighted by atomic mass is 19.1. The number of amides is 1. The van der Waals surface area contributed by atoms with Gasteiger partial charge < -0.3 is 4.90 Å². The van der Waals surface area contributed by atoms with E-state index in [4.69, 9.17) is 0 Å². The Morgan fingerprint density at radius 2 is 2.00 bits per heavy atom. The van der Waals surface area contributed by atoms with E-state index in [-0.39, 0.29) is 23.9 Å². The lowest BCUT2D eigenvalue weighted by molar-refractivity contribution is -0.131. The number of halogens is 1. The minimum Gasteiger partial charge on any atom is -0.318 e. The first-order valence-electron chi connectivity index (χ1n) is 7.38. The fourth-order valence-electron chi connectivity index (χ4n) is 3.58. The van der Waals surface area contributed by atoms with Gasteiger partial charge in [0.25, 0.3) is 0 Å². The van der Waals surface area contributed by atoms with Crippen molar-refractivity contribution in [3.63, 3.8) is 0 Å². The van der Waals surface area contributed by atoms with Crippen LogP contribution in [0.5, 0.6) is 0 Å². The highest BCUT2D eigenvalue weighted by Gasteiger charge is 2.43. The molecule has 0 spiro atoms. The molecule has 1 saturated heterocycles. The van der Waals surface area contributed by atoms with Crippen LogP contribution in [0.15, 0.2) is 24.3 Å². The first-order valence-corrected chi connectivity index (χ1v) is 7.38. The van der Waals surface area contributed by atoms with Crippen molar-refractivity contribution < 1.29 is 9.18 Å². The second kappa shape index (κ2) is 5.17. The molecule has 1 N–H and O–H groups in total. The Morgan fingerprint density at radius 3 is 2.65 bits per heavy atom. The monoisotopic (exact) mass is 276 g/mol. The molecule has 1 saturated carbocycles. The van der Waals surface area contributed by atoms with Gasteiger partial charge in [-0.05, 0) is 30.7 Å². The molecule has 108 valence electrons. The van der Waals surface area contributed by atoms with Gasteiger partial charge in [0.2, 0.25) is 5.91 Å². The summed E-state index contributed by atoms with van der Waals surface area (Å²) in [5, 5.41) is 3.16. The van der Waals surface area contributed by atoms with Crippen molar-refractivity contribution in [2.45, 2.75) is 38.9 Å². The Labute approximate surface area is 119 Å². The minimum atomic E-state index is -0.318. The zero-order valence-corrected chi connectivity index (χ0v) is 12.0. The molecule has 20 heavy (non-hydrogen) atoms. The lowest BCUT2D eigenvalue weighted by Gasteiger charge is -2.34. The summed E-state index contributed by atoms with van der Waals surface area (Å²) in [6.07, 6.45) is 1.83. The standard InChI is InChI=1S/C16H21FN2O/c1-10-7-8-14(11(10)2)19-15(20)9-18-16(19)12-5-3-4-6-13(12)17/h3-6,10-11,14,16,18H,7-9H2,1-2H3. The number of hydrogen-bond acceptors (Lipinski definition) is 2. The van der Waals surface area contributed by atoms with Crippen molar-refractivity contribution in [3.8, 4) is 0 Å². The van der Waals surface area contributed by atoms with Crippen molar-refractivity contribution in [1.82, 2.24) is 10.2 Å². The molecule has 2 aliphatic rings. The topological polar surface area (TPSA) is 32.3 Å². The number of carbonyl (C=O) groups excluding carboxylic acids is 1. The van der Waals surface area contributed by atoms with Crippen LogP contribution in [0.3, 0.4) is 0 Å². The molecule has 0 aromatic heterocycles. The minimum absolute atomic E-state index is 0.0872. The number of rotatable bonds is 2. The molecular formula is C16H21FN2O. The summed E-state index contributed by atoms with van der Waals surface area (Å²) in [6.45, 7) is 4.74. The van der Waals surface area contributed by atoms with Gasteiger partial charge in [-0.2, -0.15) is 0 Å². The van der Waals surface area contributed by atoms with Gasteiger partial charge in [0.1, 0.15) is 12.0 Å². The molecule has 3 nitrogen and oxygen atoms in total. The number of carbonyl (C=O) groups is 1.